The molecule has 6 heteroatoms. The van der Waals surface area contributed by atoms with Gasteiger partial charge in [0.2, 0.25) is 0 Å². The molecule has 2 aromatic rings. The maximum absolute atomic E-state index is 13.2. The van der Waals surface area contributed by atoms with Crippen LogP contribution in [0.3, 0.4) is 0 Å². The van der Waals surface area contributed by atoms with Crippen molar-refractivity contribution >= 4 is 22.6 Å². The lowest BCUT2D eigenvalue weighted by atomic mass is 9.82. The van der Waals surface area contributed by atoms with Gasteiger partial charge in [-0.2, -0.15) is 0 Å². The van der Waals surface area contributed by atoms with E-state index in [1.165, 1.54) is 0 Å². The third kappa shape index (κ3) is 3.33. The lowest BCUT2D eigenvalue weighted by Crippen LogP contribution is -2.37. The SMILES string of the molecule is CN(C)CCN1C(=O)C(O)=C(C(=O)C(C)(C)C)C1c1cn(C)c2ccccc12. The van der Waals surface area contributed by atoms with Gasteiger partial charge in [0.25, 0.3) is 5.91 Å². The number of amides is 1. The van der Waals surface area contributed by atoms with Gasteiger partial charge in [-0.3, -0.25) is 9.59 Å². The van der Waals surface area contributed by atoms with E-state index in [0.29, 0.717) is 13.1 Å². The number of Topliss-reactive ketones (excluding diaryl/α,β-unsaturated/α-hetero) is 1. The van der Waals surface area contributed by atoms with Crippen LogP contribution in [0.1, 0.15) is 32.4 Å². The van der Waals surface area contributed by atoms with Gasteiger partial charge in [0.1, 0.15) is 0 Å². The molecule has 1 N–H and O–H groups in total. The number of hydrogen-bond donors (Lipinski definition) is 1. The molecule has 0 fully saturated rings. The Bertz CT molecular complexity index is 963. The van der Waals surface area contributed by atoms with Gasteiger partial charge >= 0.3 is 0 Å². The quantitative estimate of drug-likeness (QED) is 0.862. The lowest BCUT2D eigenvalue weighted by molar-refractivity contribution is -0.129. The Morgan fingerprint density at radius 1 is 1.21 bits per heavy atom. The highest BCUT2D eigenvalue weighted by Gasteiger charge is 2.46. The molecule has 1 atom stereocenters. The molecule has 1 aliphatic heterocycles. The zero-order valence-corrected chi connectivity index (χ0v) is 17.5. The van der Waals surface area contributed by atoms with Crippen molar-refractivity contribution in [1.82, 2.24) is 14.4 Å². The van der Waals surface area contributed by atoms with E-state index in [9.17, 15) is 14.7 Å². The predicted octanol–water partition coefficient (Wildman–Crippen LogP) is 3.05. The fraction of sp³-hybridized carbons (Fsp3) is 0.455. The molecule has 0 spiro atoms. The number of ketones is 1. The largest absolute Gasteiger partial charge is 0.503 e. The number of hydrogen-bond acceptors (Lipinski definition) is 4. The normalized spacial score (nSPS) is 18.0. The van der Waals surface area contributed by atoms with Crippen LogP contribution in [-0.4, -0.2) is 58.3 Å². The zero-order valence-electron chi connectivity index (χ0n) is 17.5. The number of likely N-dealkylation sites (N-methyl/N-ethyl adjacent to an activating group) is 1. The van der Waals surface area contributed by atoms with E-state index in [1.54, 1.807) is 4.90 Å². The molecule has 2 heterocycles. The average molecular weight is 383 g/mol. The number of para-hydroxylation sites is 1. The Kier molecular flexibility index (Phi) is 5.10. The highest BCUT2D eigenvalue weighted by atomic mass is 16.3. The summed E-state index contributed by atoms with van der Waals surface area (Å²) in [5.41, 5.74) is 1.38. The van der Waals surface area contributed by atoms with Gasteiger partial charge in [-0.1, -0.05) is 39.0 Å². The molecule has 3 rings (SSSR count). The Morgan fingerprint density at radius 3 is 2.46 bits per heavy atom. The van der Waals surface area contributed by atoms with Gasteiger partial charge in [-0.05, 0) is 20.2 Å². The average Bonchev–Trinajstić information content (AvgIpc) is 3.07. The first-order valence-electron chi connectivity index (χ1n) is 9.51. The van der Waals surface area contributed by atoms with Crippen molar-refractivity contribution in [2.45, 2.75) is 26.8 Å². The molecule has 0 saturated carbocycles. The monoisotopic (exact) mass is 383 g/mol. The number of aliphatic hydroxyl groups is 1. The van der Waals surface area contributed by atoms with E-state index in [0.717, 1.165) is 16.5 Å². The zero-order chi connectivity index (χ0) is 20.8. The lowest BCUT2D eigenvalue weighted by Gasteiger charge is -2.29. The van der Waals surface area contributed by atoms with Crippen LogP contribution in [0, 0.1) is 5.41 Å². The molecular weight excluding hydrogens is 354 g/mol. The van der Waals surface area contributed by atoms with Crippen molar-refractivity contribution in [2.24, 2.45) is 12.5 Å². The first-order valence-corrected chi connectivity index (χ1v) is 9.51. The highest BCUT2D eigenvalue weighted by molar-refractivity contribution is 6.11. The summed E-state index contributed by atoms with van der Waals surface area (Å²) in [6.07, 6.45) is 1.96. The maximum atomic E-state index is 13.2. The van der Waals surface area contributed by atoms with Crippen LogP contribution < -0.4 is 0 Å². The molecule has 0 saturated heterocycles. The van der Waals surface area contributed by atoms with Gasteiger partial charge in [0.05, 0.1) is 11.6 Å². The van der Waals surface area contributed by atoms with E-state index in [1.807, 2.05) is 81.8 Å². The first-order chi connectivity index (χ1) is 13.0. The van der Waals surface area contributed by atoms with Gasteiger partial charge in [-0.15, -0.1) is 0 Å². The van der Waals surface area contributed by atoms with E-state index in [4.69, 9.17) is 0 Å². The van der Waals surface area contributed by atoms with Crippen LogP contribution >= 0.6 is 0 Å². The number of carbonyl (C=O) groups excluding carboxylic acids is 2. The van der Waals surface area contributed by atoms with E-state index < -0.39 is 23.1 Å². The number of fused-ring (bicyclic) bond motifs is 1. The summed E-state index contributed by atoms with van der Waals surface area (Å²) >= 11 is 0. The number of aliphatic hydroxyl groups excluding tert-OH is 1. The summed E-state index contributed by atoms with van der Waals surface area (Å²) in [6.45, 7) is 6.48. The van der Waals surface area contributed by atoms with Crippen molar-refractivity contribution in [3.05, 3.63) is 47.4 Å². The summed E-state index contributed by atoms with van der Waals surface area (Å²) in [4.78, 5) is 29.7. The molecule has 28 heavy (non-hydrogen) atoms. The molecular formula is C22H29N3O3. The van der Waals surface area contributed by atoms with Crippen molar-refractivity contribution in [3.63, 3.8) is 0 Å². The maximum Gasteiger partial charge on any atom is 0.290 e. The van der Waals surface area contributed by atoms with Gasteiger partial charge < -0.3 is 19.5 Å². The topological polar surface area (TPSA) is 65.8 Å². The van der Waals surface area contributed by atoms with E-state index in [-0.39, 0.29) is 11.4 Å². The fourth-order valence-electron chi connectivity index (χ4n) is 3.74. The number of aryl methyl sites for hydroxylation is 1. The van der Waals surface area contributed by atoms with Crippen LogP contribution in [0.15, 0.2) is 41.8 Å². The summed E-state index contributed by atoms with van der Waals surface area (Å²) in [7, 11) is 5.81. The minimum absolute atomic E-state index is 0.201. The van der Waals surface area contributed by atoms with Crippen LogP contribution in [0.2, 0.25) is 0 Å². The van der Waals surface area contributed by atoms with Crippen molar-refractivity contribution in [2.75, 3.05) is 27.2 Å². The predicted molar refractivity (Wildman–Crippen MR) is 110 cm³/mol. The number of rotatable bonds is 5. The smallest absolute Gasteiger partial charge is 0.290 e. The van der Waals surface area contributed by atoms with Gasteiger partial charge in [0.15, 0.2) is 11.5 Å². The molecule has 1 amide bonds. The summed E-state index contributed by atoms with van der Waals surface area (Å²) in [5, 5.41) is 11.7. The second kappa shape index (κ2) is 7.09. The Balaban J connectivity index is 2.20. The van der Waals surface area contributed by atoms with E-state index in [2.05, 4.69) is 0 Å². The standard InChI is InChI=1S/C22H29N3O3/c1-22(2,3)20(27)17-18(25(12-11-23(4)5)21(28)19(17)26)15-13-24(6)16-10-8-7-9-14(15)16/h7-10,13,18,26H,11-12H2,1-6H3. The third-order valence-corrected chi connectivity index (χ3v) is 5.24. The first kappa shape index (κ1) is 20.1. The summed E-state index contributed by atoms with van der Waals surface area (Å²) < 4.78 is 1.99. The van der Waals surface area contributed by atoms with Crippen molar-refractivity contribution in [3.8, 4) is 0 Å². The molecule has 6 nitrogen and oxygen atoms in total. The third-order valence-electron chi connectivity index (χ3n) is 5.24. The summed E-state index contributed by atoms with van der Waals surface area (Å²) in [5.74, 6) is -1.10. The Morgan fingerprint density at radius 2 is 1.86 bits per heavy atom. The molecule has 0 radical (unpaired) electrons. The van der Waals surface area contributed by atoms with Crippen molar-refractivity contribution in [1.29, 1.82) is 0 Å². The molecule has 1 aromatic carbocycles. The van der Waals surface area contributed by atoms with E-state index >= 15 is 0 Å². The van der Waals surface area contributed by atoms with Crippen LogP contribution in [0.5, 0.6) is 0 Å². The second-order valence-corrected chi connectivity index (χ2v) is 8.76. The number of carbonyl (C=O) groups is 2. The van der Waals surface area contributed by atoms with Crippen LogP contribution in [-0.2, 0) is 16.6 Å². The highest BCUT2D eigenvalue weighted by Crippen LogP contribution is 2.43. The fourth-order valence-corrected chi connectivity index (χ4v) is 3.74. The minimum atomic E-state index is -0.704. The Labute approximate surface area is 166 Å². The second-order valence-electron chi connectivity index (χ2n) is 8.76. The number of nitrogens with zero attached hydrogens (tertiary/aromatic N) is 3. The molecule has 150 valence electrons. The van der Waals surface area contributed by atoms with Crippen molar-refractivity contribution < 1.29 is 14.7 Å². The molecule has 1 unspecified atom stereocenters. The Hall–Kier alpha value is -2.60. The molecule has 1 aromatic heterocycles. The van der Waals surface area contributed by atoms with Gasteiger partial charge in [0, 0.05) is 48.2 Å². The van der Waals surface area contributed by atoms with Crippen LogP contribution in [0.25, 0.3) is 10.9 Å². The summed E-state index contributed by atoms with van der Waals surface area (Å²) in [6, 6.07) is 7.32. The van der Waals surface area contributed by atoms with Crippen LogP contribution in [0.4, 0.5) is 0 Å². The van der Waals surface area contributed by atoms with Gasteiger partial charge in [-0.25, -0.2) is 0 Å². The molecule has 0 bridgehead atoms. The molecule has 0 aliphatic carbocycles. The minimum Gasteiger partial charge on any atom is -0.503 e. The number of aromatic nitrogens is 1. The number of benzene rings is 1. The molecule has 1 aliphatic rings.